The van der Waals surface area contributed by atoms with E-state index in [1.54, 1.807) is 0 Å². The zero-order chi connectivity index (χ0) is 12.3. The molecule has 0 heterocycles. The lowest BCUT2D eigenvalue weighted by Gasteiger charge is -2.34. The molecule has 3 atom stereocenters. The largest absolute Gasteiger partial charge is 0.467 e. The first-order valence-electron chi connectivity index (χ1n) is 6.27. The Bertz CT molecular complexity index is 250. The van der Waals surface area contributed by atoms with Crippen LogP contribution in [0.25, 0.3) is 0 Å². The first kappa shape index (κ1) is 13.5. The molecule has 0 aromatic carbocycles. The van der Waals surface area contributed by atoms with E-state index < -0.39 is 11.6 Å². The number of esters is 1. The summed E-state index contributed by atoms with van der Waals surface area (Å²) in [6.07, 6.45) is 4.13. The van der Waals surface area contributed by atoms with Gasteiger partial charge in [-0.2, -0.15) is 0 Å². The van der Waals surface area contributed by atoms with Crippen LogP contribution in [0.5, 0.6) is 0 Å². The van der Waals surface area contributed by atoms with Gasteiger partial charge in [-0.1, -0.05) is 33.6 Å². The molecule has 1 saturated carbocycles. The van der Waals surface area contributed by atoms with Gasteiger partial charge in [-0.3, -0.25) is 0 Å². The topological polar surface area (TPSA) is 46.5 Å². The van der Waals surface area contributed by atoms with E-state index in [0.717, 1.165) is 25.7 Å². The highest BCUT2D eigenvalue weighted by atomic mass is 16.5. The number of hydrogen-bond donors (Lipinski definition) is 1. The Balaban J connectivity index is 2.83. The second-order valence-corrected chi connectivity index (χ2v) is 5.26. The molecule has 1 rings (SSSR count). The van der Waals surface area contributed by atoms with Crippen molar-refractivity contribution in [3.8, 4) is 0 Å². The van der Waals surface area contributed by atoms with E-state index in [2.05, 4.69) is 6.92 Å². The summed E-state index contributed by atoms with van der Waals surface area (Å²) in [5.41, 5.74) is -1.29. The van der Waals surface area contributed by atoms with Crippen molar-refractivity contribution in [1.29, 1.82) is 0 Å². The molecule has 0 bridgehead atoms. The summed E-state index contributed by atoms with van der Waals surface area (Å²) in [7, 11) is 1.35. The summed E-state index contributed by atoms with van der Waals surface area (Å²) >= 11 is 0. The molecule has 1 fully saturated rings. The highest BCUT2D eigenvalue weighted by Crippen LogP contribution is 2.42. The van der Waals surface area contributed by atoms with Gasteiger partial charge in [0.2, 0.25) is 0 Å². The van der Waals surface area contributed by atoms with Crippen LogP contribution < -0.4 is 0 Å². The van der Waals surface area contributed by atoms with Crippen molar-refractivity contribution in [2.75, 3.05) is 7.11 Å². The summed E-state index contributed by atoms with van der Waals surface area (Å²) in [6, 6.07) is 0. The van der Waals surface area contributed by atoms with Crippen molar-refractivity contribution in [3.63, 3.8) is 0 Å². The van der Waals surface area contributed by atoms with Crippen LogP contribution in [0.15, 0.2) is 0 Å². The maximum Gasteiger partial charge on any atom is 0.338 e. The normalized spacial score (nSPS) is 29.1. The molecule has 3 heteroatoms. The standard InChI is InChI=1S/C13H24O3/c1-5-10-6-7-11(8-10)13(15,9(2)3)12(14)16-4/h9-11,15H,5-8H2,1-4H3. The molecule has 0 spiro atoms. The molecule has 3 nitrogen and oxygen atoms in total. The van der Waals surface area contributed by atoms with Crippen molar-refractivity contribution in [1.82, 2.24) is 0 Å². The van der Waals surface area contributed by atoms with Crippen LogP contribution in [-0.4, -0.2) is 23.8 Å². The van der Waals surface area contributed by atoms with E-state index in [1.165, 1.54) is 7.11 Å². The third-order valence-corrected chi connectivity index (χ3v) is 4.13. The molecular weight excluding hydrogens is 204 g/mol. The maximum atomic E-state index is 11.8. The average molecular weight is 228 g/mol. The Labute approximate surface area is 98.2 Å². The lowest BCUT2D eigenvalue weighted by molar-refractivity contribution is -0.175. The molecule has 0 aromatic heterocycles. The van der Waals surface area contributed by atoms with Gasteiger partial charge in [0.05, 0.1) is 7.11 Å². The molecule has 3 unspecified atom stereocenters. The third kappa shape index (κ3) is 2.24. The number of methoxy groups -OCH3 is 1. The van der Waals surface area contributed by atoms with E-state index in [9.17, 15) is 9.90 Å². The smallest absolute Gasteiger partial charge is 0.338 e. The van der Waals surface area contributed by atoms with Crippen LogP contribution in [0.1, 0.15) is 46.5 Å². The van der Waals surface area contributed by atoms with Gasteiger partial charge in [0.1, 0.15) is 0 Å². The SMILES string of the molecule is CCC1CCC(C(O)(C(=O)OC)C(C)C)C1. The Morgan fingerprint density at radius 1 is 1.50 bits per heavy atom. The third-order valence-electron chi connectivity index (χ3n) is 4.13. The fourth-order valence-electron chi connectivity index (χ4n) is 2.88. The molecule has 0 amide bonds. The first-order chi connectivity index (χ1) is 7.46. The summed E-state index contributed by atoms with van der Waals surface area (Å²) in [4.78, 5) is 11.8. The van der Waals surface area contributed by atoms with E-state index >= 15 is 0 Å². The van der Waals surface area contributed by atoms with Crippen LogP contribution in [0.4, 0.5) is 0 Å². The molecule has 0 radical (unpaired) electrons. The van der Waals surface area contributed by atoms with Crippen LogP contribution in [0.2, 0.25) is 0 Å². The summed E-state index contributed by atoms with van der Waals surface area (Å²) in [5.74, 6) is 0.148. The Morgan fingerprint density at radius 3 is 2.50 bits per heavy atom. The van der Waals surface area contributed by atoms with Crippen LogP contribution in [0, 0.1) is 17.8 Å². The number of hydrogen-bond acceptors (Lipinski definition) is 3. The van der Waals surface area contributed by atoms with Crippen molar-refractivity contribution >= 4 is 5.97 Å². The fraction of sp³-hybridized carbons (Fsp3) is 0.923. The van der Waals surface area contributed by atoms with Crippen LogP contribution >= 0.6 is 0 Å². The number of carbonyl (C=O) groups excluding carboxylic acids is 1. The Hall–Kier alpha value is -0.570. The molecule has 1 N–H and O–H groups in total. The van der Waals surface area contributed by atoms with Gasteiger partial charge in [-0.05, 0) is 30.6 Å². The van der Waals surface area contributed by atoms with Crippen molar-refractivity contribution in [2.45, 2.75) is 52.1 Å². The number of aliphatic hydroxyl groups is 1. The molecule has 1 aliphatic carbocycles. The van der Waals surface area contributed by atoms with Crippen LogP contribution in [-0.2, 0) is 9.53 Å². The van der Waals surface area contributed by atoms with E-state index in [4.69, 9.17) is 4.74 Å². The zero-order valence-electron chi connectivity index (χ0n) is 10.8. The molecule has 0 aromatic rings. The highest BCUT2D eigenvalue weighted by Gasteiger charge is 2.49. The van der Waals surface area contributed by atoms with Crippen LogP contribution in [0.3, 0.4) is 0 Å². The number of carbonyl (C=O) groups is 1. The zero-order valence-corrected chi connectivity index (χ0v) is 10.8. The Morgan fingerprint density at radius 2 is 2.12 bits per heavy atom. The summed E-state index contributed by atoms with van der Waals surface area (Å²) < 4.78 is 4.77. The quantitative estimate of drug-likeness (QED) is 0.751. The lowest BCUT2D eigenvalue weighted by Crippen LogP contribution is -2.50. The van der Waals surface area contributed by atoms with Gasteiger partial charge in [-0.25, -0.2) is 4.79 Å². The minimum atomic E-state index is -1.29. The minimum absolute atomic E-state index is 0.0601. The van der Waals surface area contributed by atoms with Gasteiger partial charge >= 0.3 is 5.97 Å². The van der Waals surface area contributed by atoms with E-state index in [-0.39, 0.29) is 11.8 Å². The van der Waals surface area contributed by atoms with Gasteiger partial charge in [0.25, 0.3) is 0 Å². The van der Waals surface area contributed by atoms with Crippen molar-refractivity contribution in [2.24, 2.45) is 17.8 Å². The summed E-state index contributed by atoms with van der Waals surface area (Å²) in [6.45, 7) is 5.94. The number of rotatable bonds is 4. The lowest BCUT2D eigenvalue weighted by atomic mass is 9.77. The predicted octanol–water partition coefficient (Wildman–Crippen LogP) is 2.37. The molecule has 16 heavy (non-hydrogen) atoms. The second-order valence-electron chi connectivity index (χ2n) is 5.26. The first-order valence-corrected chi connectivity index (χ1v) is 6.27. The minimum Gasteiger partial charge on any atom is -0.467 e. The van der Waals surface area contributed by atoms with Gasteiger partial charge in [0.15, 0.2) is 5.60 Å². The van der Waals surface area contributed by atoms with Gasteiger partial charge in [-0.15, -0.1) is 0 Å². The van der Waals surface area contributed by atoms with Gasteiger partial charge < -0.3 is 9.84 Å². The molecule has 0 saturated heterocycles. The molecular formula is C13H24O3. The molecule has 1 aliphatic rings. The number of ether oxygens (including phenoxy) is 1. The van der Waals surface area contributed by atoms with Crippen molar-refractivity contribution < 1.29 is 14.6 Å². The second kappa shape index (κ2) is 5.17. The fourth-order valence-corrected chi connectivity index (χ4v) is 2.88. The average Bonchev–Trinajstić information content (AvgIpc) is 2.75. The van der Waals surface area contributed by atoms with Gasteiger partial charge in [0, 0.05) is 0 Å². The maximum absolute atomic E-state index is 11.8. The summed E-state index contributed by atoms with van der Waals surface area (Å²) in [5, 5.41) is 10.6. The predicted molar refractivity (Wildman–Crippen MR) is 62.9 cm³/mol. The monoisotopic (exact) mass is 228 g/mol. The van der Waals surface area contributed by atoms with Crippen molar-refractivity contribution in [3.05, 3.63) is 0 Å². The highest BCUT2D eigenvalue weighted by molar-refractivity contribution is 5.80. The van der Waals surface area contributed by atoms with E-state index in [1.807, 2.05) is 13.8 Å². The van der Waals surface area contributed by atoms with E-state index in [0.29, 0.717) is 5.92 Å². The molecule has 94 valence electrons. The Kier molecular flexibility index (Phi) is 4.36. The molecule has 0 aliphatic heterocycles.